The van der Waals surface area contributed by atoms with E-state index in [1.807, 2.05) is 0 Å². The Morgan fingerprint density at radius 2 is 1.88 bits per heavy atom. The quantitative estimate of drug-likeness (QED) is 0.854. The van der Waals surface area contributed by atoms with E-state index in [0.717, 1.165) is 12.1 Å². The zero-order chi connectivity index (χ0) is 12.3. The van der Waals surface area contributed by atoms with Gasteiger partial charge in [0.2, 0.25) is 9.84 Å². The molecule has 0 aliphatic heterocycles. The van der Waals surface area contributed by atoms with Gasteiger partial charge in [0.25, 0.3) is 0 Å². The third-order valence-corrected chi connectivity index (χ3v) is 3.53. The number of aliphatic carboxylic acids is 1. The van der Waals surface area contributed by atoms with E-state index in [-0.39, 0.29) is 0 Å². The second-order valence-electron chi connectivity index (χ2n) is 2.87. The molecule has 0 bridgehead atoms. The number of carbonyl (C=O) groups is 1. The predicted molar refractivity (Wildman–Crippen MR) is 52.7 cm³/mol. The second-order valence-corrected chi connectivity index (χ2v) is 4.85. The van der Waals surface area contributed by atoms with Gasteiger partial charge in [-0.2, -0.15) is 0 Å². The summed E-state index contributed by atoms with van der Waals surface area (Å²) in [5, 5.41) is 8.30. The van der Waals surface area contributed by atoms with E-state index in [4.69, 9.17) is 9.84 Å². The zero-order valence-corrected chi connectivity index (χ0v) is 9.07. The van der Waals surface area contributed by atoms with Gasteiger partial charge in [-0.25, -0.2) is 17.6 Å². The van der Waals surface area contributed by atoms with Gasteiger partial charge in [-0.15, -0.1) is 0 Å². The fourth-order valence-corrected chi connectivity index (χ4v) is 2.04. The molecular formula is C9H9FO5S. The number of alkyl halides is 1. The minimum absolute atomic E-state index is 0.393. The lowest BCUT2D eigenvalue weighted by atomic mass is 10.3. The van der Waals surface area contributed by atoms with Crippen LogP contribution in [0.25, 0.3) is 0 Å². The van der Waals surface area contributed by atoms with Gasteiger partial charge in [0, 0.05) is 0 Å². The number of carboxylic acid groups (broad SMARTS) is 1. The highest BCUT2D eigenvalue weighted by atomic mass is 32.2. The van der Waals surface area contributed by atoms with Gasteiger partial charge < -0.3 is 9.84 Å². The zero-order valence-electron chi connectivity index (χ0n) is 8.25. The molecule has 5 nitrogen and oxygen atoms in total. The van der Waals surface area contributed by atoms with Crippen LogP contribution < -0.4 is 4.74 Å². The van der Waals surface area contributed by atoms with Crippen molar-refractivity contribution >= 4 is 15.8 Å². The van der Waals surface area contributed by atoms with Crippen LogP contribution >= 0.6 is 0 Å². The second kappa shape index (κ2) is 4.48. The standard InChI is InChI=1S/C9H9FO5S/c1-15-6-2-4-7(5-3-6)16(13,14)8(10)9(11)12/h2-5,8H,1H3,(H,11,12). The summed E-state index contributed by atoms with van der Waals surface area (Å²) in [5.41, 5.74) is -2.96. The molecule has 1 aromatic rings. The third-order valence-electron chi connectivity index (χ3n) is 1.85. The molecule has 1 unspecified atom stereocenters. The maximum absolute atomic E-state index is 13.0. The Hall–Kier alpha value is -1.63. The Labute approximate surface area is 91.4 Å². The Bertz CT molecular complexity index is 479. The number of hydrogen-bond donors (Lipinski definition) is 1. The first-order valence-electron chi connectivity index (χ1n) is 4.14. The number of methoxy groups -OCH3 is 1. The Balaban J connectivity index is 3.13. The first-order valence-corrected chi connectivity index (χ1v) is 5.69. The van der Waals surface area contributed by atoms with Gasteiger partial charge in [-0.1, -0.05) is 0 Å². The SMILES string of the molecule is COc1ccc(S(=O)(=O)C(F)C(=O)O)cc1. The van der Waals surface area contributed by atoms with E-state index < -0.39 is 26.2 Å². The van der Waals surface area contributed by atoms with Crippen molar-refractivity contribution in [1.82, 2.24) is 0 Å². The molecule has 0 aliphatic rings. The molecule has 0 saturated carbocycles. The summed E-state index contributed by atoms with van der Waals surface area (Å²) in [5.74, 6) is -1.64. The number of sulfone groups is 1. The molecule has 0 amide bonds. The van der Waals surface area contributed by atoms with Crippen molar-refractivity contribution in [3.63, 3.8) is 0 Å². The predicted octanol–water partition coefficient (Wildman–Crippen LogP) is 0.849. The van der Waals surface area contributed by atoms with Crippen molar-refractivity contribution in [3.05, 3.63) is 24.3 Å². The fraction of sp³-hybridized carbons (Fsp3) is 0.222. The first kappa shape index (κ1) is 12.4. The molecule has 88 valence electrons. The van der Waals surface area contributed by atoms with E-state index in [1.165, 1.54) is 19.2 Å². The van der Waals surface area contributed by atoms with Gasteiger partial charge in [0.1, 0.15) is 5.75 Å². The lowest BCUT2D eigenvalue weighted by Gasteiger charge is -2.06. The van der Waals surface area contributed by atoms with Gasteiger partial charge in [0.15, 0.2) is 0 Å². The van der Waals surface area contributed by atoms with Gasteiger partial charge in [-0.3, -0.25) is 0 Å². The smallest absolute Gasteiger partial charge is 0.354 e. The highest BCUT2D eigenvalue weighted by Crippen LogP contribution is 2.20. The van der Waals surface area contributed by atoms with Crippen LogP contribution in [0.15, 0.2) is 29.2 Å². The number of benzene rings is 1. The molecule has 0 saturated heterocycles. The van der Waals surface area contributed by atoms with Crippen LogP contribution in [0.5, 0.6) is 5.75 Å². The molecule has 0 radical (unpaired) electrons. The summed E-state index contributed by atoms with van der Waals surface area (Å²) < 4.78 is 40.5. The summed E-state index contributed by atoms with van der Waals surface area (Å²) in [4.78, 5) is 9.86. The number of hydrogen-bond acceptors (Lipinski definition) is 4. The summed E-state index contributed by atoms with van der Waals surface area (Å²) in [6, 6.07) is 4.79. The number of halogens is 1. The molecule has 7 heteroatoms. The molecule has 1 atom stereocenters. The topological polar surface area (TPSA) is 80.7 Å². The van der Waals surface area contributed by atoms with Crippen molar-refractivity contribution in [2.75, 3.05) is 7.11 Å². The first-order chi connectivity index (χ1) is 7.39. The average molecular weight is 248 g/mol. The maximum Gasteiger partial charge on any atom is 0.354 e. The largest absolute Gasteiger partial charge is 0.497 e. The van der Waals surface area contributed by atoms with Crippen molar-refractivity contribution in [1.29, 1.82) is 0 Å². The van der Waals surface area contributed by atoms with E-state index in [9.17, 15) is 17.6 Å². The fourth-order valence-electron chi connectivity index (χ4n) is 1.02. The minimum atomic E-state index is -4.48. The van der Waals surface area contributed by atoms with Crippen molar-refractivity contribution < 1.29 is 27.4 Å². The minimum Gasteiger partial charge on any atom is -0.497 e. The Morgan fingerprint density at radius 3 is 2.25 bits per heavy atom. The third kappa shape index (κ3) is 2.30. The van der Waals surface area contributed by atoms with E-state index >= 15 is 0 Å². The summed E-state index contributed by atoms with van der Waals surface area (Å²) in [6.45, 7) is 0. The molecule has 1 N–H and O–H groups in total. The highest BCUT2D eigenvalue weighted by molar-refractivity contribution is 7.92. The lowest BCUT2D eigenvalue weighted by Crippen LogP contribution is -2.25. The lowest BCUT2D eigenvalue weighted by molar-refractivity contribution is -0.139. The summed E-state index contributed by atoms with van der Waals surface area (Å²) in [6.07, 6.45) is 0. The van der Waals surface area contributed by atoms with Gasteiger partial charge >= 0.3 is 11.5 Å². The monoisotopic (exact) mass is 248 g/mol. The Morgan fingerprint density at radius 1 is 1.38 bits per heavy atom. The summed E-state index contributed by atoms with van der Waals surface area (Å²) in [7, 11) is -3.10. The van der Waals surface area contributed by atoms with E-state index in [2.05, 4.69) is 0 Å². The molecule has 0 spiro atoms. The van der Waals surface area contributed by atoms with Crippen molar-refractivity contribution in [2.45, 2.75) is 10.4 Å². The number of rotatable bonds is 4. The van der Waals surface area contributed by atoms with Crippen LogP contribution in [-0.2, 0) is 14.6 Å². The van der Waals surface area contributed by atoms with E-state index in [0.29, 0.717) is 5.75 Å². The van der Waals surface area contributed by atoms with Crippen LogP contribution in [0.3, 0.4) is 0 Å². The van der Waals surface area contributed by atoms with Crippen LogP contribution in [0.2, 0.25) is 0 Å². The molecule has 1 rings (SSSR count). The normalized spacial score (nSPS) is 13.1. The van der Waals surface area contributed by atoms with Gasteiger partial charge in [0.05, 0.1) is 12.0 Å². The molecule has 16 heavy (non-hydrogen) atoms. The van der Waals surface area contributed by atoms with Crippen LogP contribution in [0.4, 0.5) is 4.39 Å². The van der Waals surface area contributed by atoms with Crippen LogP contribution in [0, 0.1) is 0 Å². The van der Waals surface area contributed by atoms with Crippen molar-refractivity contribution in [2.24, 2.45) is 0 Å². The highest BCUT2D eigenvalue weighted by Gasteiger charge is 2.33. The molecular weight excluding hydrogens is 239 g/mol. The molecule has 0 heterocycles. The number of ether oxygens (including phenoxy) is 1. The van der Waals surface area contributed by atoms with E-state index in [1.54, 1.807) is 0 Å². The molecule has 0 fully saturated rings. The maximum atomic E-state index is 13.0. The van der Waals surface area contributed by atoms with Crippen LogP contribution in [0.1, 0.15) is 0 Å². The summed E-state index contributed by atoms with van der Waals surface area (Å²) >= 11 is 0. The van der Waals surface area contributed by atoms with Crippen molar-refractivity contribution in [3.8, 4) is 5.75 Å². The molecule has 0 aliphatic carbocycles. The van der Waals surface area contributed by atoms with Crippen LogP contribution in [-0.4, -0.2) is 32.1 Å². The molecule has 0 aromatic heterocycles. The Kier molecular flexibility index (Phi) is 3.48. The number of carboxylic acids is 1. The van der Waals surface area contributed by atoms with Gasteiger partial charge in [-0.05, 0) is 24.3 Å². The molecule has 1 aromatic carbocycles. The average Bonchev–Trinajstić information content (AvgIpc) is 2.28.